The first-order valence-electron chi connectivity index (χ1n) is 4.81. The molecule has 2 aromatic carbocycles. The SMILES string of the molecule is Nc1ccc(N)cc1.Oc1cccc(O)c1O. The lowest BCUT2D eigenvalue weighted by atomic mass is 10.3. The maximum atomic E-state index is 8.71. The Morgan fingerprint density at radius 1 is 0.647 bits per heavy atom. The van der Waals surface area contributed by atoms with Crippen LogP contribution in [0, 0.1) is 0 Å². The monoisotopic (exact) mass is 234 g/mol. The molecule has 5 heteroatoms. The summed E-state index contributed by atoms with van der Waals surface area (Å²) in [7, 11) is 0. The smallest absolute Gasteiger partial charge is 0.200 e. The fourth-order valence-electron chi connectivity index (χ4n) is 1.02. The molecule has 0 fully saturated rings. The number of nitrogen functional groups attached to an aromatic ring is 2. The first kappa shape index (κ1) is 12.5. The number of para-hydroxylation sites is 1. The first-order valence-corrected chi connectivity index (χ1v) is 4.81. The second-order valence-corrected chi connectivity index (χ2v) is 3.31. The highest BCUT2D eigenvalue weighted by Crippen LogP contribution is 2.32. The van der Waals surface area contributed by atoms with Crippen molar-refractivity contribution in [2.75, 3.05) is 11.5 Å². The third-order valence-electron chi connectivity index (χ3n) is 1.93. The van der Waals surface area contributed by atoms with Crippen LogP contribution in [-0.4, -0.2) is 15.3 Å². The van der Waals surface area contributed by atoms with E-state index >= 15 is 0 Å². The van der Waals surface area contributed by atoms with Gasteiger partial charge in [-0.1, -0.05) is 6.07 Å². The van der Waals surface area contributed by atoms with Crippen molar-refractivity contribution in [2.45, 2.75) is 0 Å². The number of aromatic hydroxyl groups is 3. The van der Waals surface area contributed by atoms with Crippen LogP contribution < -0.4 is 11.5 Å². The number of hydrogen-bond acceptors (Lipinski definition) is 5. The summed E-state index contributed by atoms with van der Waals surface area (Å²) >= 11 is 0. The second kappa shape index (κ2) is 5.50. The Kier molecular flexibility index (Phi) is 4.05. The summed E-state index contributed by atoms with van der Waals surface area (Å²) in [6.07, 6.45) is 0. The molecule has 0 saturated heterocycles. The van der Waals surface area contributed by atoms with Gasteiger partial charge in [-0.2, -0.15) is 0 Å². The summed E-state index contributed by atoms with van der Waals surface area (Å²) in [6, 6.07) is 11.1. The van der Waals surface area contributed by atoms with Crippen LogP contribution in [0.4, 0.5) is 11.4 Å². The molecule has 7 N–H and O–H groups in total. The lowest BCUT2D eigenvalue weighted by Gasteiger charge is -1.96. The van der Waals surface area contributed by atoms with E-state index in [9.17, 15) is 0 Å². The van der Waals surface area contributed by atoms with Gasteiger partial charge in [0.25, 0.3) is 0 Å². The Morgan fingerprint density at radius 3 is 1.29 bits per heavy atom. The maximum Gasteiger partial charge on any atom is 0.200 e. The van der Waals surface area contributed by atoms with E-state index in [2.05, 4.69) is 0 Å². The molecule has 0 unspecified atom stereocenters. The van der Waals surface area contributed by atoms with Gasteiger partial charge in [-0.05, 0) is 36.4 Å². The summed E-state index contributed by atoms with van der Waals surface area (Å²) in [4.78, 5) is 0. The van der Waals surface area contributed by atoms with Gasteiger partial charge in [-0.3, -0.25) is 0 Å². The van der Waals surface area contributed by atoms with E-state index in [0.29, 0.717) is 0 Å². The van der Waals surface area contributed by atoms with Crippen LogP contribution in [0.1, 0.15) is 0 Å². The van der Waals surface area contributed by atoms with Crippen molar-refractivity contribution in [3.8, 4) is 17.2 Å². The van der Waals surface area contributed by atoms with Crippen LogP contribution in [0.25, 0.3) is 0 Å². The van der Waals surface area contributed by atoms with E-state index in [4.69, 9.17) is 26.8 Å². The number of anilines is 2. The molecular weight excluding hydrogens is 220 g/mol. The molecule has 0 aliphatic heterocycles. The normalized spacial score (nSPS) is 9.18. The molecule has 5 nitrogen and oxygen atoms in total. The minimum Gasteiger partial charge on any atom is -0.504 e. The molecule has 0 radical (unpaired) electrons. The quantitative estimate of drug-likeness (QED) is 0.351. The molecule has 17 heavy (non-hydrogen) atoms. The third kappa shape index (κ3) is 3.83. The molecule has 0 bridgehead atoms. The van der Waals surface area contributed by atoms with E-state index in [-0.39, 0.29) is 11.5 Å². The molecule has 2 rings (SSSR count). The van der Waals surface area contributed by atoms with Crippen LogP contribution in [0.3, 0.4) is 0 Å². The van der Waals surface area contributed by atoms with Gasteiger partial charge >= 0.3 is 0 Å². The number of hydrogen-bond donors (Lipinski definition) is 5. The van der Waals surface area contributed by atoms with Crippen molar-refractivity contribution in [1.82, 2.24) is 0 Å². The molecule has 0 atom stereocenters. The summed E-state index contributed by atoms with van der Waals surface area (Å²) < 4.78 is 0. The van der Waals surface area contributed by atoms with Gasteiger partial charge in [-0.15, -0.1) is 0 Å². The van der Waals surface area contributed by atoms with Gasteiger partial charge in [0.2, 0.25) is 0 Å². The molecule has 90 valence electrons. The van der Waals surface area contributed by atoms with Gasteiger partial charge in [0, 0.05) is 11.4 Å². The van der Waals surface area contributed by atoms with Crippen LogP contribution >= 0.6 is 0 Å². The highest BCUT2D eigenvalue weighted by molar-refractivity contribution is 5.48. The zero-order valence-electron chi connectivity index (χ0n) is 9.04. The largest absolute Gasteiger partial charge is 0.504 e. The standard InChI is InChI=1S/C6H8N2.C6H6O3/c7-5-1-2-6(8)4-3-5;7-4-2-1-3-5(8)6(4)9/h1-4H,7-8H2;1-3,7-9H. The van der Waals surface area contributed by atoms with Gasteiger partial charge in [0.05, 0.1) is 0 Å². The number of benzene rings is 2. The fourth-order valence-corrected chi connectivity index (χ4v) is 1.02. The predicted octanol–water partition coefficient (Wildman–Crippen LogP) is 1.65. The molecular formula is C12H14N2O3. The summed E-state index contributed by atoms with van der Waals surface area (Å²) in [5.74, 6) is -1.09. The van der Waals surface area contributed by atoms with Crippen LogP contribution in [-0.2, 0) is 0 Å². The molecule has 0 aliphatic rings. The number of nitrogens with two attached hydrogens (primary N) is 2. The Balaban J connectivity index is 0.000000171. The van der Waals surface area contributed by atoms with Crippen molar-refractivity contribution in [3.05, 3.63) is 42.5 Å². The van der Waals surface area contributed by atoms with Crippen molar-refractivity contribution >= 4 is 11.4 Å². The van der Waals surface area contributed by atoms with Gasteiger partial charge in [0.15, 0.2) is 17.2 Å². The minimum atomic E-state index is -0.475. The van der Waals surface area contributed by atoms with Crippen molar-refractivity contribution in [3.63, 3.8) is 0 Å². The zero-order valence-corrected chi connectivity index (χ0v) is 9.04. The molecule has 0 aromatic heterocycles. The van der Waals surface area contributed by atoms with E-state index in [1.807, 2.05) is 0 Å². The highest BCUT2D eigenvalue weighted by Gasteiger charge is 2.00. The van der Waals surface area contributed by atoms with Crippen LogP contribution in [0.15, 0.2) is 42.5 Å². The summed E-state index contributed by atoms with van der Waals surface area (Å²) in [5, 5.41) is 26.1. The summed E-state index contributed by atoms with van der Waals surface area (Å²) in [5.41, 5.74) is 12.2. The molecule has 0 heterocycles. The Hall–Kier alpha value is -2.56. The second-order valence-electron chi connectivity index (χ2n) is 3.31. The summed E-state index contributed by atoms with van der Waals surface area (Å²) in [6.45, 7) is 0. The van der Waals surface area contributed by atoms with Crippen LogP contribution in [0.5, 0.6) is 17.2 Å². The highest BCUT2D eigenvalue weighted by atomic mass is 16.3. The Bertz CT molecular complexity index is 442. The number of phenols is 3. The molecule has 2 aromatic rings. The molecule has 0 saturated carbocycles. The van der Waals surface area contributed by atoms with Crippen molar-refractivity contribution in [1.29, 1.82) is 0 Å². The van der Waals surface area contributed by atoms with Gasteiger partial charge in [0.1, 0.15) is 0 Å². The maximum absolute atomic E-state index is 8.71. The number of phenolic OH excluding ortho intramolecular Hbond substituents is 3. The zero-order chi connectivity index (χ0) is 12.8. The average Bonchev–Trinajstić information content (AvgIpc) is 2.31. The van der Waals surface area contributed by atoms with E-state index in [0.717, 1.165) is 11.4 Å². The topological polar surface area (TPSA) is 113 Å². The van der Waals surface area contributed by atoms with Gasteiger partial charge in [-0.25, -0.2) is 0 Å². The lowest BCUT2D eigenvalue weighted by molar-refractivity contribution is 0.368. The molecule has 0 aliphatic carbocycles. The van der Waals surface area contributed by atoms with E-state index in [1.165, 1.54) is 18.2 Å². The van der Waals surface area contributed by atoms with Crippen molar-refractivity contribution < 1.29 is 15.3 Å². The lowest BCUT2D eigenvalue weighted by Crippen LogP contribution is -1.86. The Labute approximate surface area is 98.6 Å². The van der Waals surface area contributed by atoms with Crippen LogP contribution in [0.2, 0.25) is 0 Å². The van der Waals surface area contributed by atoms with Crippen molar-refractivity contribution in [2.24, 2.45) is 0 Å². The Morgan fingerprint density at radius 2 is 1.00 bits per heavy atom. The average molecular weight is 234 g/mol. The number of rotatable bonds is 0. The minimum absolute atomic E-state index is 0.310. The first-order chi connectivity index (χ1) is 8.00. The molecule has 0 amide bonds. The fraction of sp³-hybridized carbons (Fsp3) is 0. The van der Waals surface area contributed by atoms with Gasteiger partial charge < -0.3 is 26.8 Å². The van der Waals surface area contributed by atoms with E-state index in [1.54, 1.807) is 24.3 Å². The third-order valence-corrected chi connectivity index (χ3v) is 1.93. The predicted molar refractivity (Wildman–Crippen MR) is 66.7 cm³/mol. The van der Waals surface area contributed by atoms with E-state index < -0.39 is 5.75 Å². The molecule has 0 spiro atoms.